The highest BCUT2D eigenvalue weighted by molar-refractivity contribution is 7.09. The average molecular weight is 261 g/mol. The van der Waals surface area contributed by atoms with Gasteiger partial charge in [0.1, 0.15) is 0 Å². The smallest absolute Gasteiger partial charge is 0.228 e. The van der Waals surface area contributed by atoms with Crippen LogP contribution in [-0.2, 0) is 11.2 Å². The SMILES string of the molecule is CN(CCc1cccs1)C(=O)C1CNC1.Cl. The molecule has 0 saturated carbocycles. The molecule has 2 heterocycles. The monoisotopic (exact) mass is 260 g/mol. The molecule has 0 atom stereocenters. The minimum absolute atomic E-state index is 0. The topological polar surface area (TPSA) is 32.3 Å². The first-order valence-electron chi connectivity index (χ1n) is 5.25. The van der Waals surface area contributed by atoms with Crippen LogP contribution in [0.5, 0.6) is 0 Å². The number of hydrogen-bond acceptors (Lipinski definition) is 3. The van der Waals surface area contributed by atoms with E-state index in [1.54, 1.807) is 11.3 Å². The standard InChI is InChI=1S/C11H16N2OS.ClH/c1-13(11(14)9-7-12-8-9)5-4-10-3-2-6-15-10;/h2-3,6,9,12H,4-5,7-8H2,1H3;1H. The van der Waals surface area contributed by atoms with Crippen molar-refractivity contribution in [2.75, 3.05) is 26.7 Å². The number of hydrogen-bond donors (Lipinski definition) is 1. The summed E-state index contributed by atoms with van der Waals surface area (Å²) in [6.45, 7) is 2.53. The molecule has 3 nitrogen and oxygen atoms in total. The van der Waals surface area contributed by atoms with Gasteiger partial charge in [0.2, 0.25) is 5.91 Å². The van der Waals surface area contributed by atoms with Crippen molar-refractivity contribution in [3.05, 3.63) is 22.4 Å². The molecule has 90 valence electrons. The Balaban J connectivity index is 0.00000128. The Morgan fingerprint density at radius 1 is 1.62 bits per heavy atom. The second-order valence-electron chi connectivity index (χ2n) is 3.94. The Hall–Kier alpha value is -0.580. The summed E-state index contributed by atoms with van der Waals surface area (Å²) in [5.41, 5.74) is 0. The molecule has 0 aromatic carbocycles. The maximum absolute atomic E-state index is 11.8. The highest BCUT2D eigenvalue weighted by Gasteiger charge is 2.27. The summed E-state index contributed by atoms with van der Waals surface area (Å²) >= 11 is 1.75. The van der Waals surface area contributed by atoms with Gasteiger partial charge in [-0.25, -0.2) is 0 Å². The van der Waals surface area contributed by atoms with Gasteiger partial charge in [-0.1, -0.05) is 6.07 Å². The highest BCUT2D eigenvalue weighted by atomic mass is 35.5. The second kappa shape index (κ2) is 6.23. The maximum Gasteiger partial charge on any atom is 0.228 e. The van der Waals surface area contributed by atoms with Crippen molar-refractivity contribution in [3.63, 3.8) is 0 Å². The lowest BCUT2D eigenvalue weighted by Crippen LogP contribution is -2.51. The molecule has 0 spiro atoms. The normalized spacial score (nSPS) is 15.1. The largest absolute Gasteiger partial charge is 0.345 e. The van der Waals surface area contributed by atoms with Gasteiger partial charge in [0, 0.05) is 31.6 Å². The van der Waals surface area contributed by atoms with Crippen molar-refractivity contribution in [2.24, 2.45) is 5.92 Å². The number of thiophene rings is 1. The summed E-state index contributed by atoms with van der Waals surface area (Å²) in [6, 6.07) is 4.17. The van der Waals surface area contributed by atoms with E-state index in [2.05, 4.69) is 22.8 Å². The quantitative estimate of drug-likeness (QED) is 0.888. The molecule has 1 amide bonds. The predicted octanol–water partition coefficient (Wildman–Crippen LogP) is 1.39. The number of carbonyl (C=O) groups excluding carboxylic acids is 1. The molecular weight excluding hydrogens is 244 g/mol. The van der Waals surface area contributed by atoms with Crippen molar-refractivity contribution in [1.29, 1.82) is 0 Å². The van der Waals surface area contributed by atoms with Crippen molar-refractivity contribution in [1.82, 2.24) is 10.2 Å². The molecule has 0 bridgehead atoms. The first kappa shape index (κ1) is 13.5. The molecule has 5 heteroatoms. The lowest BCUT2D eigenvalue weighted by atomic mass is 10.0. The van der Waals surface area contributed by atoms with Gasteiger partial charge in [0.25, 0.3) is 0 Å². The Morgan fingerprint density at radius 2 is 2.38 bits per heavy atom. The first-order chi connectivity index (χ1) is 7.27. The van der Waals surface area contributed by atoms with Crippen molar-refractivity contribution < 1.29 is 4.79 Å². The zero-order valence-electron chi connectivity index (χ0n) is 9.31. The molecule has 0 aliphatic carbocycles. The lowest BCUT2D eigenvalue weighted by Gasteiger charge is -2.30. The van der Waals surface area contributed by atoms with E-state index in [0.717, 1.165) is 26.1 Å². The number of nitrogens with one attached hydrogen (secondary N) is 1. The maximum atomic E-state index is 11.8. The van der Waals surface area contributed by atoms with E-state index in [1.807, 2.05) is 11.9 Å². The fourth-order valence-corrected chi connectivity index (χ4v) is 2.32. The van der Waals surface area contributed by atoms with Gasteiger partial charge >= 0.3 is 0 Å². The average Bonchev–Trinajstić information content (AvgIpc) is 2.63. The molecular formula is C11H17ClN2OS. The van der Waals surface area contributed by atoms with Crippen LogP contribution in [0.2, 0.25) is 0 Å². The van der Waals surface area contributed by atoms with Gasteiger partial charge < -0.3 is 10.2 Å². The van der Waals surface area contributed by atoms with Crippen LogP contribution in [0, 0.1) is 5.92 Å². The number of amides is 1. The van der Waals surface area contributed by atoms with E-state index >= 15 is 0 Å². The van der Waals surface area contributed by atoms with Gasteiger partial charge in [-0.3, -0.25) is 4.79 Å². The molecule has 0 unspecified atom stereocenters. The van der Waals surface area contributed by atoms with Gasteiger partial charge in [-0.15, -0.1) is 23.7 Å². The van der Waals surface area contributed by atoms with Crippen molar-refractivity contribution in [3.8, 4) is 0 Å². The zero-order chi connectivity index (χ0) is 10.7. The van der Waals surface area contributed by atoms with Crippen LogP contribution in [-0.4, -0.2) is 37.5 Å². The molecule has 1 fully saturated rings. The van der Waals surface area contributed by atoms with E-state index in [9.17, 15) is 4.79 Å². The molecule has 1 aliphatic heterocycles. The second-order valence-corrected chi connectivity index (χ2v) is 4.98. The number of likely N-dealkylation sites (N-methyl/N-ethyl adjacent to an activating group) is 1. The fraction of sp³-hybridized carbons (Fsp3) is 0.545. The lowest BCUT2D eigenvalue weighted by molar-refractivity contribution is -0.135. The molecule has 1 aliphatic rings. The van der Waals surface area contributed by atoms with Crippen molar-refractivity contribution >= 4 is 29.7 Å². The molecule has 16 heavy (non-hydrogen) atoms. The third-order valence-corrected chi connectivity index (χ3v) is 3.72. The van der Waals surface area contributed by atoms with Gasteiger partial charge in [0.05, 0.1) is 5.92 Å². The van der Waals surface area contributed by atoms with Crippen LogP contribution in [0.15, 0.2) is 17.5 Å². The molecule has 1 aromatic rings. The van der Waals surface area contributed by atoms with Crippen LogP contribution in [0.4, 0.5) is 0 Å². The predicted molar refractivity (Wildman–Crippen MR) is 69.3 cm³/mol. The number of rotatable bonds is 4. The van der Waals surface area contributed by atoms with E-state index < -0.39 is 0 Å². The summed E-state index contributed by atoms with van der Waals surface area (Å²) in [7, 11) is 1.90. The number of carbonyl (C=O) groups is 1. The third-order valence-electron chi connectivity index (χ3n) is 2.78. The molecule has 1 aromatic heterocycles. The van der Waals surface area contributed by atoms with Crippen molar-refractivity contribution in [2.45, 2.75) is 6.42 Å². The molecule has 2 rings (SSSR count). The molecule has 1 N–H and O–H groups in total. The number of nitrogens with zero attached hydrogens (tertiary/aromatic N) is 1. The summed E-state index contributed by atoms with van der Waals surface area (Å²) in [6.07, 6.45) is 0.972. The van der Waals surface area contributed by atoms with Crippen LogP contribution >= 0.6 is 23.7 Å². The molecule has 0 radical (unpaired) electrons. The van der Waals surface area contributed by atoms with Gasteiger partial charge in [-0.2, -0.15) is 0 Å². The van der Waals surface area contributed by atoms with E-state index in [-0.39, 0.29) is 24.2 Å². The summed E-state index contributed by atoms with van der Waals surface area (Å²) in [5, 5.41) is 5.20. The van der Waals surface area contributed by atoms with E-state index in [4.69, 9.17) is 0 Å². The first-order valence-corrected chi connectivity index (χ1v) is 6.13. The van der Waals surface area contributed by atoms with Crippen LogP contribution in [0.1, 0.15) is 4.88 Å². The molecule has 1 saturated heterocycles. The van der Waals surface area contributed by atoms with Crippen LogP contribution in [0.25, 0.3) is 0 Å². The Bertz CT molecular complexity index is 325. The minimum atomic E-state index is 0. The van der Waals surface area contributed by atoms with Crippen LogP contribution in [0.3, 0.4) is 0 Å². The minimum Gasteiger partial charge on any atom is -0.345 e. The van der Waals surface area contributed by atoms with Gasteiger partial charge in [0.15, 0.2) is 0 Å². The number of halogens is 1. The van der Waals surface area contributed by atoms with E-state index in [1.165, 1.54) is 4.88 Å². The Labute approximate surface area is 106 Å². The zero-order valence-corrected chi connectivity index (χ0v) is 10.9. The third kappa shape index (κ3) is 3.20. The van der Waals surface area contributed by atoms with E-state index in [0.29, 0.717) is 0 Å². The summed E-state index contributed by atoms with van der Waals surface area (Å²) < 4.78 is 0. The van der Waals surface area contributed by atoms with Gasteiger partial charge in [-0.05, 0) is 17.9 Å². The Kier molecular flexibility index (Phi) is 5.25. The summed E-state index contributed by atoms with van der Waals surface area (Å²) in [4.78, 5) is 15.0. The van der Waals surface area contributed by atoms with Crippen LogP contribution < -0.4 is 5.32 Å². The fourth-order valence-electron chi connectivity index (χ4n) is 1.62. The summed E-state index contributed by atoms with van der Waals surface area (Å²) in [5.74, 6) is 0.503. The highest BCUT2D eigenvalue weighted by Crippen LogP contribution is 2.11. The Morgan fingerprint density at radius 3 is 2.88 bits per heavy atom.